The molecule has 4 rings (SSSR count). The summed E-state index contributed by atoms with van der Waals surface area (Å²) in [6.07, 6.45) is 2.42. The number of nitrogens with zero attached hydrogens (tertiary/aromatic N) is 2. The topological polar surface area (TPSA) is 71.1 Å². The average Bonchev–Trinajstić information content (AvgIpc) is 3.55. The molecule has 0 radical (unpaired) electrons. The second kappa shape index (κ2) is 11.6. The number of thiophene rings is 1. The number of carbonyl (C=O) groups excluding carboxylic acids is 2. The minimum atomic E-state index is -0.335. The Balaban J connectivity index is 1.50. The van der Waals surface area contributed by atoms with Crippen LogP contribution < -0.4 is 14.8 Å². The van der Waals surface area contributed by atoms with Gasteiger partial charge in [0.1, 0.15) is 6.54 Å². The lowest BCUT2D eigenvalue weighted by atomic mass is 10.1. The van der Waals surface area contributed by atoms with Gasteiger partial charge in [0.25, 0.3) is 0 Å². The van der Waals surface area contributed by atoms with E-state index in [1.54, 1.807) is 22.3 Å². The van der Waals surface area contributed by atoms with Gasteiger partial charge in [-0.05, 0) is 47.2 Å². The van der Waals surface area contributed by atoms with Crippen LogP contribution in [-0.2, 0) is 24.3 Å². The Morgan fingerprint density at radius 2 is 1.89 bits per heavy atom. The minimum Gasteiger partial charge on any atom is -0.454 e. The van der Waals surface area contributed by atoms with Gasteiger partial charge in [0.05, 0.1) is 6.54 Å². The summed E-state index contributed by atoms with van der Waals surface area (Å²) in [7, 11) is 0. The fourth-order valence-corrected chi connectivity index (χ4v) is 4.59. The van der Waals surface area contributed by atoms with Gasteiger partial charge in [0, 0.05) is 23.7 Å². The molecule has 0 fully saturated rings. The molecule has 0 bridgehead atoms. The second-order valence-corrected chi connectivity index (χ2v) is 9.16. The number of anilines is 1. The SMILES string of the molecule is C=CCN(CC(=O)N(Cc1ccc2c(c1)OCO2)Cc1cccs1)C(=O)Nc1ccccc1CC. The number of nitrogens with one attached hydrogen (secondary N) is 1. The molecule has 0 saturated heterocycles. The molecule has 1 aliphatic rings. The Bertz CT molecular complexity index is 1180. The molecule has 1 N–H and O–H groups in total. The zero-order chi connectivity index (χ0) is 24.6. The van der Waals surface area contributed by atoms with Crippen molar-refractivity contribution in [1.82, 2.24) is 9.80 Å². The Morgan fingerprint density at radius 3 is 2.66 bits per heavy atom. The van der Waals surface area contributed by atoms with E-state index >= 15 is 0 Å². The van der Waals surface area contributed by atoms with Crippen molar-refractivity contribution < 1.29 is 19.1 Å². The van der Waals surface area contributed by atoms with Gasteiger partial charge in [-0.3, -0.25) is 4.79 Å². The van der Waals surface area contributed by atoms with Gasteiger partial charge in [0.15, 0.2) is 11.5 Å². The van der Waals surface area contributed by atoms with Crippen LogP contribution in [0.15, 0.2) is 72.6 Å². The molecule has 7 nitrogen and oxygen atoms in total. The van der Waals surface area contributed by atoms with Gasteiger partial charge in [0.2, 0.25) is 12.7 Å². The van der Waals surface area contributed by atoms with E-state index < -0.39 is 0 Å². The summed E-state index contributed by atoms with van der Waals surface area (Å²) < 4.78 is 10.9. The van der Waals surface area contributed by atoms with Gasteiger partial charge in [-0.2, -0.15) is 0 Å². The first kappa shape index (κ1) is 24.3. The third-order valence-electron chi connectivity index (χ3n) is 5.69. The molecule has 0 spiro atoms. The van der Waals surface area contributed by atoms with Crippen LogP contribution in [0.3, 0.4) is 0 Å². The van der Waals surface area contributed by atoms with E-state index in [0.717, 1.165) is 28.1 Å². The Morgan fingerprint density at radius 1 is 1.06 bits per heavy atom. The number of fused-ring (bicyclic) bond motifs is 1. The van der Waals surface area contributed by atoms with Crippen LogP contribution in [0.1, 0.15) is 22.9 Å². The normalized spacial score (nSPS) is 11.7. The molecule has 2 heterocycles. The molecule has 182 valence electrons. The zero-order valence-electron chi connectivity index (χ0n) is 19.7. The highest BCUT2D eigenvalue weighted by Crippen LogP contribution is 2.33. The first-order valence-electron chi connectivity index (χ1n) is 11.5. The smallest absolute Gasteiger partial charge is 0.322 e. The summed E-state index contributed by atoms with van der Waals surface area (Å²) in [5.74, 6) is 1.22. The number of hydrogen-bond acceptors (Lipinski definition) is 5. The van der Waals surface area contributed by atoms with Crippen LogP contribution in [0, 0.1) is 0 Å². The van der Waals surface area contributed by atoms with E-state index in [1.807, 2.05) is 66.9 Å². The van der Waals surface area contributed by atoms with Gasteiger partial charge in [-0.15, -0.1) is 17.9 Å². The van der Waals surface area contributed by atoms with E-state index in [1.165, 1.54) is 4.90 Å². The van der Waals surface area contributed by atoms with Gasteiger partial charge in [-0.1, -0.05) is 43.3 Å². The molecule has 1 aromatic heterocycles. The number of carbonyl (C=O) groups is 2. The second-order valence-electron chi connectivity index (χ2n) is 8.13. The van der Waals surface area contributed by atoms with Crippen molar-refractivity contribution in [3.63, 3.8) is 0 Å². The van der Waals surface area contributed by atoms with Crippen LogP contribution in [0.4, 0.5) is 10.5 Å². The molecule has 3 aromatic rings. The lowest BCUT2D eigenvalue weighted by molar-refractivity contribution is -0.132. The average molecular weight is 492 g/mol. The zero-order valence-corrected chi connectivity index (χ0v) is 20.6. The van der Waals surface area contributed by atoms with Crippen LogP contribution >= 0.6 is 11.3 Å². The number of amides is 3. The third kappa shape index (κ3) is 6.22. The van der Waals surface area contributed by atoms with E-state index in [4.69, 9.17) is 9.47 Å². The largest absolute Gasteiger partial charge is 0.454 e. The van der Waals surface area contributed by atoms with Crippen molar-refractivity contribution in [2.45, 2.75) is 26.4 Å². The van der Waals surface area contributed by atoms with Crippen molar-refractivity contribution in [2.24, 2.45) is 0 Å². The van der Waals surface area contributed by atoms with Crippen molar-refractivity contribution in [3.8, 4) is 11.5 Å². The van der Waals surface area contributed by atoms with Crippen molar-refractivity contribution in [1.29, 1.82) is 0 Å². The Hall–Kier alpha value is -3.78. The van der Waals surface area contributed by atoms with Crippen LogP contribution in [0.2, 0.25) is 0 Å². The lowest BCUT2D eigenvalue weighted by Crippen LogP contribution is -2.44. The summed E-state index contributed by atoms with van der Waals surface area (Å²) in [6, 6.07) is 17.0. The lowest BCUT2D eigenvalue weighted by Gasteiger charge is -2.27. The predicted molar refractivity (Wildman–Crippen MR) is 138 cm³/mol. The number of rotatable bonds is 10. The first-order valence-corrected chi connectivity index (χ1v) is 12.4. The highest BCUT2D eigenvalue weighted by molar-refractivity contribution is 7.09. The molecular weight excluding hydrogens is 462 g/mol. The summed E-state index contributed by atoms with van der Waals surface area (Å²) in [4.78, 5) is 30.9. The van der Waals surface area contributed by atoms with Crippen molar-refractivity contribution >= 4 is 29.0 Å². The quantitative estimate of drug-likeness (QED) is 0.391. The van der Waals surface area contributed by atoms with Gasteiger partial charge < -0.3 is 24.6 Å². The van der Waals surface area contributed by atoms with E-state index in [9.17, 15) is 9.59 Å². The molecule has 0 aliphatic carbocycles. The van der Waals surface area contributed by atoms with Crippen LogP contribution in [-0.4, -0.2) is 41.6 Å². The molecule has 1 aliphatic heterocycles. The Kier molecular flexibility index (Phi) is 8.05. The fraction of sp³-hybridized carbons (Fsp3) is 0.259. The number of benzene rings is 2. The van der Waals surface area contributed by atoms with E-state index in [-0.39, 0.29) is 31.8 Å². The molecule has 8 heteroatoms. The molecular formula is C27H29N3O4S. The van der Waals surface area contributed by atoms with E-state index in [0.29, 0.717) is 24.6 Å². The number of hydrogen-bond donors (Lipinski definition) is 1. The minimum absolute atomic E-state index is 0.0674. The number of aryl methyl sites for hydroxylation is 1. The maximum Gasteiger partial charge on any atom is 0.322 e. The monoisotopic (exact) mass is 491 g/mol. The molecule has 0 unspecified atom stereocenters. The highest BCUT2D eigenvalue weighted by Gasteiger charge is 2.23. The summed E-state index contributed by atoms with van der Waals surface area (Å²) in [6.45, 7) is 7.02. The van der Waals surface area contributed by atoms with Gasteiger partial charge >= 0.3 is 6.03 Å². The molecule has 0 atom stereocenters. The Labute approximate surface area is 209 Å². The molecule has 35 heavy (non-hydrogen) atoms. The predicted octanol–water partition coefficient (Wildman–Crippen LogP) is 5.29. The maximum absolute atomic E-state index is 13.5. The fourth-order valence-electron chi connectivity index (χ4n) is 3.87. The number of urea groups is 1. The molecule has 2 aromatic carbocycles. The van der Waals surface area contributed by atoms with Crippen molar-refractivity contribution in [3.05, 3.63) is 88.6 Å². The summed E-state index contributed by atoms with van der Waals surface area (Å²) in [5, 5.41) is 4.94. The maximum atomic E-state index is 13.5. The summed E-state index contributed by atoms with van der Waals surface area (Å²) in [5.41, 5.74) is 2.71. The van der Waals surface area contributed by atoms with Crippen LogP contribution in [0.25, 0.3) is 0 Å². The first-order chi connectivity index (χ1) is 17.1. The number of para-hydroxylation sites is 1. The molecule has 0 saturated carbocycles. The highest BCUT2D eigenvalue weighted by atomic mass is 32.1. The standard InChI is InChI=1S/C27H29N3O4S/c1-3-13-29(27(32)28-23-10-6-5-8-21(23)4-2)18-26(31)30(17-22-9-7-14-35-22)16-20-11-12-24-25(15-20)34-19-33-24/h3,5-12,14-15H,1,4,13,16-19H2,2H3,(H,28,32). The summed E-state index contributed by atoms with van der Waals surface area (Å²) >= 11 is 1.59. The van der Waals surface area contributed by atoms with Gasteiger partial charge in [-0.25, -0.2) is 4.79 Å². The molecule has 3 amide bonds. The van der Waals surface area contributed by atoms with Crippen LogP contribution in [0.5, 0.6) is 11.5 Å². The van der Waals surface area contributed by atoms with Crippen molar-refractivity contribution in [2.75, 3.05) is 25.2 Å². The van der Waals surface area contributed by atoms with E-state index in [2.05, 4.69) is 11.9 Å². The number of ether oxygens (including phenoxy) is 2. The third-order valence-corrected chi connectivity index (χ3v) is 6.55.